The van der Waals surface area contributed by atoms with Gasteiger partial charge in [-0.2, -0.15) is 0 Å². The van der Waals surface area contributed by atoms with E-state index in [0.29, 0.717) is 12.0 Å². The second-order valence-electron chi connectivity index (χ2n) is 6.63. The van der Waals surface area contributed by atoms with E-state index < -0.39 is 0 Å². The molecule has 4 nitrogen and oxygen atoms in total. The molecule has 0 radical (unpaired) electrons. The first-order chi connectivity index (χ1) is 9.45. The molecule has 1 fully saturated rings. The Balaban J connectivity index is 2.11. The molecule has 5 heteroatoms. The molecule has 0 amide bonds. The Kier molecular flexibility index (Phi) is 5.04. The van der Waals surface area contributed by atoms with Crippen molar-refractivity contribution in [2.24, 2.45) is 11.3 Å². The van der Waals surface area contributed by atoms with E-state index in [1.54, 1.807) is 18.4 Å². The van der Waals surface area contributed by atoms with Gasteiger partial charge >= 0.3 is 0 Å². The van der Waals surface area contributed by atoms with Crippen LogP contribution < -0.4 is 10.2 Å². The highest BCUT2D eigenvalue weighted by Crippen LogP contribution is 2.37. The maximum Gasteiger partial charge on any atom is 0.185 e. The average Bonchev–Trinajstić information content (AvgIpc) is 2.96. The minimum absolute atomic E-state index is 0.384. The Morgan fingerprint density at radius 2 is 2.20 bits per heavy atom. The molecule has 0 saturated carbocycles. The lowest BCUT2D eigenvalue weighted by molar-refractivity contribution is 0.181. The third-order valence-electron chi connectivity index (χ3n) is 4.07. The number of hydrogen-bond acceptors (Lipinski definition) is 5. The van der Waals surface area contributed by atoms with E-state index in [2.05, 4.69) is 31.0 Å². The maximum absolute atomic E-state index is 5.26. The molecule has 1 aromatic heterocycles. The lowest BCUT2D eigenvalue weighted by Crippen LogP contribution is -2.25. The number of rotatable bonds is 5. The van der Waals surface area contributed by atoms with E-state index in [1.165, 1.54) is 11.3 Å². The standard InChI is InChI=1S/C15H27N3OS/c1-15(2,3)11-6-7-18(9-11)14-17-12(10-19-5)13(20-14)8-16-4/h11,16H,6-10H2,1-5H3. The van der Waals surface area contributed by atoms with Gasteiger partial charge in [0.05, 0.1) is 12.3 Å². The fourth-order valence-electron chi connectivity index (χ4n) is 2.69. The highest BCUT2D eigenvalue weighted by atomic mass is 32.1. The number of hydrogen-bond donors (Lipinski definition) is 1. The van der Waals surface area contributed by atoms with Crippen LogP contribution in [-0.2, 0) is 17.9 Å². The average molecular weight is 297 g/mol. The van der Waals surface area contributed by atoms with Gasteiger partial charge in [-0.15, -0.1) is 11.3 Å². The van der Waals surface area contributed by atoms with Gasteiger partial charge in [-0.25, -0.2) is 4.98 Å². The highest BCUT2D eigenvalue weighted by molar-refractivity contribution is 7.15. The molecule has 2 heterocycles. The van der Waals surface area contributed by atoms with Crippen molar-refractivity contribution in [2.75, 3.05) is 32.1 Å². The van der Waals surface area contributed by atoms with Gasteiger partial charge in [-0.05, 0) is 24.8 Å². The first-order valence-corrected chi connectivity index (χ1v) is 8.14. The molecule has 1 unspecified atom stereocenters. The summed E-state index contributed by atoms with van der Waals surface area (Å²) in [6, 6.07) is 0. The first kappa shape index (κ1) is 15.7. The van der Waals surface area contributed by atoms with E-state index in [1.807, 2.05) is 7.05 Å². The quantitative estimate of drug-likeness (QED) is 0.907. The summed E-state index contributed by atoms with van der Waals surface area (Å²) >= 11 is 1.81. The Morgan fingerprint density at radius 1 is 1.45 bits per heavy atom. The minimum atomic E-state index is 0.384. The Hall–Kier alpha value is -0.650. The number of thiazole rings is 1. The summed E-state index contributed by atoms with van der Waals surface area (Å²) in [5.74, 6) is 0.755. The second-order valence-corrected chi connectivity index (χ2v) is 7.69. The van der Waals surface area contributed by atoms with Gasteiger partial charge in [-0.1, -0.05) is 20.8 Å². The molecule has 0 spiro atoms. The number of aromatic nitrogens is 1. The van der Waals surface area contributed by atoms with Crippen LogP contribution in [0, 0.1) is 11.3 Å². The zero-order valence-electron chi connectivity index (χ0n) is 13.3. The highest BCUT2D eigenvalue weighted by Gasteiger charge is 2.33. The number of nitrogens with zero attached hydrogens (tertiary/aromatic N) is 2. The number of nitrogens with one attached hydrogen (secondary N) is 1. The van der Waals surface area contributed by atoms with Crippen LogP contribution in [0.5, 0.6) is 0 Å². The summed E-state index contributed by atoms with van der Waals surface area (Å²) in [5.41, 5.74) is 1.47. The van der Waals surface area contributed by atoms with Crippen molar-refractivity contribution in [2.45, 2.75) is 40.3 Å². The fraction of sp³-hybridized carbons (Fsp3) is 0.800. The summed E-state index contributed by atoms with van der Waals surface area (Å²) in [6.45, 7) is 10.7. The monoisotopic (exact) mass is 297 g/mol. The number of ether oxygens (including phenoxy) is 1. The summed E-state index contributed by atoms with van der Waals surface area (Å²) in [5, 5.41) is 4.38. The molecule has 1 N–H and O–H groups in total. The van der Waals surface area contributed by atoms with Crippen molar-refractivity contribution in [3.05, 3.63) is 10.6 Å². The van der Waals surface area contributed by atoms with Crippen LogP contribution >= 0.6 is 11.3 Å². The minimum Gasteiger partial charge on any atom is -0.378 e. The van der Waals surface area contributed by atoms with Crippen molar-refractivity contribution in [1.82, 2.24) is 10.3 Å². The summed E-state index contributed by atoms with van der Waals surface area (Å²) in [6.07, 6.45) is 1.27. The molecule has 0 bridgehead atoms. The number of methoxy groups -OCH3 is 1. The predicted octanol–water partition coefficient (Wildman–Crippen LogP) is 2.88. The van der Waals surface area contributed by atoms with E-state index in [4.69, 9.17) is 9.72 Å². The van der Waals surface area contributed by atoms with Gasteiger partial charge in [0.15, 0.2) is 5.13 Å². The molecule has 1 aliphatic heterocycles. The third kappa shape index (κ3) is 3.51. The lowest BCUT2D eigenvalue weighted by atomic mass is 9.80. The molecule has 1 aliphatic rings. The summed E-state index contributed by atoms with van der Waals surface area (Å²) in [7, 11) is 3.70. The van der Waals surface area contributed by atoms with Crippen LogP contribution in [0.3, 0.4) is 0 Å². The third-order valence-corrected chi connectivity index (χ3v) is 5.23. The van der Waals surface area contributed by atoms with Crippen LogP contribution in [-0.4, -0.2) is 32.2 Å². The van der Waals surface area contributed by atoms with E-state index in [0.717, 1.165) is 36.4 Å². The topological polar surface area (TPSA) is 37.4 Å². The number of anilines is 1. The predicted molar refractivity (Wildman–Crippen MR) is 85.4 cm³/mol. The lowest BCUT2D eigenvalue weighted by Gasteiger charge is -2.26. The molecule has 2 rings (SSSR count). The van der Waals surface area contributed by atoms with Crippen molar-refractivity contribution in [1.29, 1.82) is 0 Å². The van der Waals surface area contributed by atoms with Gasteiger partial charge in [0, 0.05) is 31.6 Å². The van der Waals surface area contributed by atoms with Crippen LogP contribution in [0.4, 0.5) is 5.13 Å². The van der Waals surface area contributed by atoms with Crippen molar-refractivity contribution >= 4 is 16.5 Å². The van der Waals surface area contributed by atoms with Crippen LogP contribution in [0.2, 0.25) is 0 Å². The molecule has 1 aromatic rings. The Morgan fingerprint density at radius 3 is 2.75 bits per heavy atom. The van der Waals surface area contributed by atoms with Crippen molar-refractivity contribution in [3.8, 4) is 0 Å². The fourth-order valence-corrected chi connectivity index (χ4v) is 3.80. The second kappa shape index (κ2) is 6.41. The zero-order chi connectivity index (χ0) is 14.8. The van der Waals surface area contributed by atoms with Gasteiger partial charge in [0.1, 0.15) is 0 Å². The van der Waals surface area contributed by atoms with Crippen molar-refractivity contribution in [3.63, 3.8) is 0 Å². The molecule has 0 aliphatic carbocycles. The van der Waals surface area contributed by atoms with Crippen LogP contribution in [0.15, 0.2) is 0 Å². The molecule has 1 saturated heterocycles. The Bertz CT molecular complexity index is 415. The van der Waals surface area contributed by atoms with Gasteiger partial charge in [-0.3, -0.25) is 0 Å². The maximum atomic E-state index is 5.26. The van der Waals surface area contributed by atoms with Crippen LogP contribution in [0.1, 0.15) is 37.8 Å². The van der Waals surface area contributed by atoms with Crippen LogP contribution in [0.25, 0.3) is 0 Å². The molecule has 20 heavy (non-hydrogen) atoms. The first-order valence-electron chi connectivity index (χ1n) is 7.32. The van der Waals surface area contributed by atoms with E-state index in [-0.39, 0.29) is 0 Å². The molecular weight excluding hydrogens is 270 g/mol. The van der Waals surface area contributed by atoms with Crippen molar-refractivity contribution < 1.29 is 4.74 Å². The van der Waals surface area contributed by atoms with E-state index in [9.17, 15) is 0 Å². The Labute approximate surface area is 126 Å². The molecular formula is C15H27N3OS. The summed E-state index contributed by atoms with van der Waals surface area (Å²) in [4.78, 5) is 8.53. The van der Waals surface area contributed by atoms with Gasteiger partial charge in [0.25, 0.3) is 0 Å². The molecule has 0 aromatic carbocycles. The normalized spacial score (nSPS) is 19.9. The van der Waals surface area contributed by atoms with Gasteiger partial charge < -0.3 is 15.0 Å². The molecule has 114 valence electrons. The molecule has 1 atom stereocenters. The smallest absolute Gasteiger partial charge is 0.185 e. The van der Waals surface area contributed by atoms with Gasteiger partial charge in [0.2, 0.25) is 0 Å². The zero-order valence-corrected chi connectivity index (χ0v) is 14.1. The van der Waals surface area contributed by atoms with E-state index >= 15 is 0 Å². The largest absolute Gasteiger partial charge is 0.378 e. The SMILES string of the molecule is CNCc1sc(N2CCC(C(C)(C)C)C2)nc1COC. The summed E-state index contributed by atoms with van der Waals surface area (Å²) < 4.78 is 5.26.